The van der Waals surface area contributed by atoms with Crippen LogP contribution in [0.15, 0.2) is 30.5 Å². The van der Waals surface area contributed by atoms with Crippen LogP contribution in [0.3, 0.4) is 0 Å². The average Bonchev–Trinajstić information content (AvgIpc) is 2.98. The van der Waals surface area contributed by atoms with Crippen LogP contribution in [0, 0.1) is 11.6 Å². The van der Waals surface area contributed by atoms with Gasteiger partial charge in [0.25, 0.3) is 0 Å². The first-order valence-electron chi connectivity index (χ1n) is 7.45. The lowest BCUT2D eigenvalue weighted by molar-refractivity contribution is 0.328. The molecule has 1 aromatic carbocycles. The van der Waals surface area contributed by atoms with E-state index in [0.29, 0.717) is 12.6 Å². The third kappa shape index (κ3) is 3.40. The number of benzene rings is 1. The lowest BCUT2D eigenvalue weighted by Crippen LogP contribution is -2.14. The summed E-state index contributed by atoms with van der Waals surface area (Å²) in [5.74, 6) is -0.908. The van der Waals surface area contributed by atoms with Gasteiger partial charge in [-0.1, -0.05) is 19.3 Å². The molecule has 1 aliphatic carbocycles. The molecule has 0 atom stereocenters. The van der Waals surface area contributed by atoms with Crippen LogP contribution in [0.2, 0.25) is 0 Å². The zero-order valence-electron chi connectivity index (χ0n) is 11.9. The highest BCUT2D eigenvalue weighted by molar-refractivity contribution is 5.45. The molecule has 0 saturated heterocycles. The van der Waals surface area contributed by atoms with Gasteiger partial charge < -0.3 is 5.32 Å². The maximum Gasteiger partial charge on any atom is 0.146 e. The monoisotopic (exact) mass is 291 g/mol. The largest absolute Gasteiger partial charge is 0.377 e. The summed E-state index contributed by atoms with van der Waals surface area (Å²) in [4.78, 5) is 0. The van der Waals surface area contributed by atoms with Crippen LogP contribution in [0.5, 0.6) is 0 Å². The van der Waals surface area contributed by atoms with Crippen molar-refractivity contribution in [2.24, 2.45) is 0 Å². The maximum absolute atomic E-state index is 13.5. The van der Waals surface area contributed by atoms with E-state index in [-0.39, 0.29) is 5.69 Å². The molecule has 2 aromatic rings. The van der Waals surface area contributed by atoms with E-state index in [1.165, 1.54) is 32.1 Å². The van der Waals surface area contributed by atoms with Crippen molar-refractivity contribution in [1.29, 1.82) is 0 Å². The van der Waals surface area contributed by atoms with Crippen molar-refractivity contribution in [2.75, 3.05) is 5.32 Å². The summed E-state index contributed by atoms with van der Waals surface area (Å²) in [6, 6.07) is 5.81. The highest BCUT2D eigenvalue weighted by Crippen LogP contribution is 2.27. The molecular weight excluding hydrogens is 272 g/mol. The van der Waals surface area contributed by atoms with Gasteiger partial charge in [0.2, 0.25) is 0 Å². The highest BCUT2D eigenvalue weighted by atomic mass is 19.1. The lowest BCUT2D eigenvalue weighted by atomic mass is 9.96. The van der Waals surface area contributed by atoms with Gasteiger partial charge in [0.05, 0.1) is 24.0 Å². The van der Waals surface area contributed by atoms with Crippen molar-refractivity contribution >= 4 is 5.69 Å². The Labute approximate surface area is 123 Å². The molecule has 1 aromatic heterocycles. The molecular formula is C16H19F2N3. The Morgan fingerprint density at radius 3 is 2.76 bits per heavy atom. The van der Waals surface area contributed by atoms with E-state index < -0.39 is 11.6 Å². The van der Waals surface area contributed by atoms with Crippen LogP contribution in [0.4, 0.5) is 14.5 Å². The normalized spacial score (nSPS) is 16.1. The first-order valence-corrected chi connectivity index (χ1v) is 7.45. The van der Waals surface area contributed by atoms with Crippen molar-refractivity contribution in [1.82, 2.24) is 9.78 Å². The van der Waals surface area contributed by atoms with Crippen molar-refractivity contribution in [3.63, 3.8) is 0 Å². The van der Waals surface area contributed by atoms with E-state index >= 15 is 0 Å². The summed E-state index contributed by atoms with van der Waals surface area (Å²) in [6.07, 6.45) is 8.15. The number of hydrogen-bond donors (Lipinski definition) is 1. The molecule has 21 heavy (non-hydrogen) atoms. The highest BCUT2D eigenvalue weighted by Gasteiger charge is 2.16. The number of rotatable bonds is 4. The van der Waals surface area contributed by atoms with Crippen LogP contribution in [0.25, 0.3) is 0 Å². The molecule has 1 aliphatic rings. The fraction of sp³-hybridized carbons (Fsp3) is 0.438. The third-order valence-electron chi connectivity index (χ3n) is 4.00. The van der Waals surface area contributed by atoms with Gasteiger partial charge in [-0.25, -0.2) is 8.78 Å². The van der Waals surface area contributed by atoms with Crippen LogP contribution >= 0.6 is 0 Å². The molecule has 0 amide bonds. The van der Waals surface area contributed by atoms with Crippen molar-refractivity contribution in [2.45, 2.75) is 44.7 Å². The Morgan fingerprint density at radius 2 is 1.95 bits per heavy atom. The van der Waals surface area contributed by atoms with Crippen molar-refractivity contribution < 1.29 is 8.78 Å². The van der Waals surface area contributed by atoms with E-state index in [1.807, 2.05) is 16.9 Å². The minimum Gasteiger partial charge on any atom is -0.377 e. The predicted octanol–water partition coefficient (Wildman–Crippen LogP) is 4.28. The third-order valence-corrected chi connectivity index (χ3v) is 4.00. The maximum atomic E-state index is 13.5. The van der Waals surface area contributed by atoms with Crippen LogP contribution in [-0.2, 0) is 6.54 Å². The minimum absolute atomic E-state index is 0.169. The number of anilines is 1. The number of nitrogens with one attached hydrogen (secondary N) is 1. The second-order valence-electron chi connectivity index (χ2n) is 5.56. The molecule has 1 saturated carbocycles. The quantitative estimate of drug-likeness (QED) is 0.911. The topological polar surface area (TPSA) is 29.9 Å². The smallest absolute Gasteiger partial charge is 0.146 e. The Kier molecular flexibility index (Phi) is 4.18. The molecule has 0 radical (unpaired) electrons. The fourth-order valence-electron chi connectivity index (χ4n) is 2.84. The summed E-state index contributed by atoms with van der Waals surface area (Å²) < 4.78 is 28.6. The first-order chi connectivity index (χ1) is 10.2. The van der Waals surface area contributed by atoms with Crippen molar-refractivity contribution in [3.05, 3.63) is 47.8 Å². The predicted molar refractivity (Wildman–Crippen MR) is 78.0 cm³/mol. The first kappa shape index (κ1) is 14.0. The molecule has 5 heteroatoms. The fourth-order valence-corrected chi connectivity index (χ4v) is 2.84. The SMILES string of the molecule is Fc1ccc(F)c(NCc2ccn(C3CCCCC3)n2)c1. The van der Waals surface area contributed by atoms with E-state index in [4.69, 9.17) is 0 Å². The molecule has 3 nitrogen and oxygen atoms in total. The number of hydrogen-bond acceptors (Lipinski definition) is 2. The molecule has 0 bridgehead atoms. The van der Waals surface area contributed by atoms with E-state index in [9.17, 15) is 8.78 Å². The molecule has 1 N–H and O–H groups in total. The second kappa shape index (κ2) is 6.24. The molecule has 0 unspecified atom stereocenters. The lowest BCUT2D eigenvalue weighted by Gasteiger charge is -2.21. The van der Waals surface area contributed by atoms with E-state index in [0.717, 1.165) is 23.9 Å². The molecule has 1 heterocycles. The number of nitrogens with zero attached hydrogens (tertiary/aromatic N) is 2. The van der Waals surface area contributed by atoms with Gasteiger partial charge in [-0.05, 0) is 37.1 Å². The summed E-state index contributed by atoms with van der Waals surface area (Å²) in [5.41, 5.74) is 1.01. The van der Waals surface area contributed by atoms with E-state index in [1.54, 1.807) is 0 Å². The van der Waals surface area contributed by atoms with Gasteiger partial charge in [-0.3, -0.25) is 4.68 Å². The zero-order valence-corrected chi connectivity index (χ0v) is 11.9. The number of aromatic nitrogens is 2. The van der Waals surface area contributed by atoms with Gasteiger partial charge in [0.15, 0.2) is 0 Å². The Morgan fingerprint density at radius 1 is 1.14 bits per heavy atom. The Balaban J connectivity index is 1.63. The van der Waals surface area contributed by atoms with Gasteiger partial charge >= 0.3 is 0 Å². The molecule has 112 valence electrons. The Hall–Kier alpha value is -1.91. The average molecular weight is 291 g/mol. The Bertz CT molecular complexity index is 603. The van der Waals surface area contributed by atoms with Gasteiger partial charge in [-0.2, -0.15) is 5.10 Å². The summed E-state index contributed by atoms with van der Waals surface area (Å²) in [5, 5.41) is 7.43. The number of halogens is 2. The molecule has 0 aliphatic heterocycles. The minimum atomic E-state index is -0.455. The summed E-state index contributed by atoms with van der Waals surface area (Å²) in [7, 11) is 0. The zero-order chi connectivity index (χ0) is 14.7. The molecule has 1 fully saturated rings. The van der Waals surface area contributed by atoms with Crippen molar-refractivity contribution in [3.8, 4) is 0 Å². The molecule has 0 spiro atoms. The van der Waals surface area contributed by atoms with Crippen LogP contribution < -0.4 is 5.32 Å². The van der Waals surface area contributed by atoms with E-state index in [2.05, 4.69) is 10.4 Å². The summed E-state index contributed by atoms with van der Waals surface area (Å²) >= 11 is 0. The van der Waals surface area contributed by atoms with Gasteiger partial charge in [-0.15, -0.1) is 0 Å². The van der Waals surface area contributed by atoms with Gasteiger partial charge in [0.1, 0.15) is 11.6 Å². The van der Waals surface area contributed by atoms with Crippen LogP contribution in [-0.4, -0.2) is 9.78 Å². The van der Waals surface area contributed by atoms with Crippen LogP contribution in [0.1, 0.15) is 43.8 Å². The standard InChI is InChI=1S/C16H19F2N3/c17-12-6-7-15(18)16(10-12)19-11-13-8-9-21(20-13)14-4-2-1-3-5-14/h6-10,14,19H,1-5,11H2. The van der Waals surface area contributed by atoms with Gasteiger partial charge in [0, 0.05) is 6.20 Å². The molecule has 3 rings (SSSR count). The second-order valence-corrected chi connectivity index (χ2v) is 5.56. The summed E-state index contributed by atoms with van der Waals surface area (Å²) in [6.45, 7) is 0.389.